The Morgan fingerprint density at radius 2 is 2.24 bits per heavy atom. The SMILES string of the molecule is O=C(Cc1cnccc1C(F)(F)F)NC[C@H]1CC[C@@H](c2ncn[nH]2)O1. The van der Waals surface area contributed by atoms with Gasteiger partial charge in [-0.15, -0.1) is 0 Å². The molecule has 0 aliphatic carbocycles. The maximum absolute atomic E-state index is 12.9. The lowest BCUT2D eigenvalue weighted by Crippen LogP contribution is -2.33. The van der Waals surface area contributed by atoms with Crippen molar-refractivity contribution in [2.45, 2.75) is 37.6 Å². The van der Waals surface area contributed by atoms with Crippen LogP contribution in [0.5, 0.6) is 0 Å². The van der Waals surface area contributed by atoms with E-state index in [1.165, 1.54) is 6.33 Å². The number of aromatic nitrogens is 4. The fourth-order valence-corrected chi connectivity index (χ4v) is 2.73. The predicted molar refractivity (Wildman–Crippen MR) is 79.2 cm³/mol. The van der Waals surface area contributed by atoms with Gasteiger partial charge in [0.25, 0.3) is 0 Å². The summed E-state index contributed by atoms with van der Waals surface area (Å²) in [6.07, 6.45) is -0.370. The number of carbonyl (C=O) groups is 1. The molecule has 0 bridgehead atoms. The van der Waals surface area contributed by atoms with Gasteiger partial charge in [-0.25, -0.2) is 4.98 Å². The number of ether oxygens (including phenoxy) is 1. The summed E-state index contributed by atoms with van der Waals surface area (Å²) in [7, 11) is 0. The van der Waals surface area contributed by atoms with Crippen LogP contribution in [0, 0.1) is 0 Å². The van der Waals surface area contributed by atoms with E-state index in [1.807, 2.05) is 0 Å². The first-order chi connectivity index (χ1) is 11.9. The monoisotopic (exact) mass is 355 g/mol. The molecule has 1 saturated heterocycles. The molecule has 3 rings (SSSR count). The van der Waals surface area contributed by atoms with E-state index >= 15 is 0 Å². The predicted octanol–water partition coefficient (Wildman–Crippen LogP) is 1.80. The highest BCUT2D eigenvalue weighted by Crippen LogP contribution is 2.32. The van der Waals surface area contributed by atoms with Crippen LogP contribution in [0.15, 0.2) is 24.8 Å². The van der Waals surface area contributed by atoms with Crippen LogP contribution in [-0.4, -0.2) is 38.7 Å². The first-order valence-corrected chi connectivity index (χ1v) is 7.71. The highest BCUT2D eigenvalue weighted by molar-refractivity contribution is 5.78. The Hall–Kier alpha value is -2.49. The van der Waals surface area contributed by atoms with E-state index in [0.29, 0.717) is 12.2 Å². The van der Waals surface area contributed by atoms with Crippen LogP contribution in [-0.2, 0) is 22.1 Å². The minimum Gasteiger partial charge on any atom is -0.365 e. The van der Waals surface area contributed by atoms with Crippen molar-refractivity contribution in [2.75, 3.05) is 6.54 Å². The Morgan fingerprint density at radius 3 is 2.96 bits per heavy atom. The average molecular weight is 355 g/mol. The van der Waals surface area contributed by atoms with Crippen LogP contribution in [0.3, 0.4) is 0 Å². The van der Waals surface area contributed by atoms with E-state index in [0.717, 1.165) is 24.9 Å². The molecule has 0 spiro atoms. The van der Waals surface area contributed by atoms with E-state index in [4.69, 9.17) is 4.74 Å². The Balaban J connectivity index is 1.51. The molecule has 2 aromatic rings. The molecule has 1 aliphatic heterocycles. The molecule has 0 saturated carbocycles. The second-order valence-corrected chi connectivity index (χ2v) is 5.71. The Morgan fingerprint density at radius 1 is 1.40 bits per heavy atom. The van der Waals surface area contributed by atoms with Gasteiger partial charge in [0.2, 0.25) is 5.91 Å². The number of alkyl halides is 3. The van der Waals surface area contributed by atoms with Gasteiger partial charge in [-0.2, -0.15) is 18.3 Å². The lowest BCUT2D eigenvalue weighted by Gasteiger charge is -2.14. The first-order valence-electron chi connectivity index (χ1n) is 7.71. The van der Waals surface area contributed by atoms with E-state index < -0.39 is 17.6 Å². The third kappa shape index (κ3) is 4.32. The quantitative estimate of drug-likeness (QED) is 0.853. The van der Waals surface area contributed by atoms with Crippen molar-refractivity contribution in [3.63, 3.8) is 0 Å². The fourth-order valence-electron chi connectivity index (χ4n) is 2.73. The summed E-state index contributed by atoms with van der Waals surface area (Å²) >= 11 is 0. The Kier molecular flexibility index (Phi) is 4.98. The van der Waals surface area contributed by atoms with E-state index in [1.54, 1.807) is 0 Å². The van der Waals surface area contributed by atoms with Crippen LogP contribution in [0.1, 0.15) is 35.9 Å². The summed E-state index contributed by atoms with van der Waals surface area (Å²) in [5.74, 6) is 0.115. The number of amides is 1. The molecule has 0 radical (unpaired) electrons. The highest BCUT2D eigenvalue weighted by atomic mass is 19.4. The van der Waals surface area contributed by atoms with Crippen molar-refractivity contribution in [3.8, 4) is 0 Å². The molecule has 1 amide bonds. The summed E-state index contributed by atoms with van der Waals surface area (Å²) in [6.45, 7) is 0.227. The van der Waals surface area contributed by atoms with Crippen LogP contribution in [0.4, 0.5) is 13.2 Å². The normalized spacial score (nSPS) is 20.6. The van der Waals surface area contributed by atoms with Crippen molar-refractivity contribution >= 4 is 5.91 Å². The van der Waals surface area contributed by atoms with Gasteiger partial charge >= 0.3 is 6.18 Å². The van der Waals surface area contributed by atoms with Crippen LogP contribution >= 0.6 is 0 Å². The van der Waals surface area contributed by atoms with Gasteiger partial charge in [0.1, 0.15) is 12.4 Å². The summed E-state index contributed by atoms with van der Waals surface area (Å²) in [5, 5.41) is 9.10. The number of pyridine rings is 1. The number of nitrogens with zero attached hydrogens (tertiary/aromatic N) is 3. The maximum atomic E-state index is 12.9. The number of rotatable bonds is 5. The third-order valence-electron chi connectivity index (χ3n) is 3.93. The fraction of sp³-hybridized carbons (Fsp3) is 0.467. The second-order valence-electron chi connectivity index (χ2n) is 5.71. The lowest BCUT2D eigenvalue weighted by molar-refractivity contribution is -0.138. The zero-order chi connectivity index (χ0) is 17.9. The summed E-state index contributed by atoms with van der Waals surface area (Å²) < 4.78 is 44.5. The number of hydrogen-bond donors (Lipinski definition) is 2. The average Bonchev–Trinajstić information content (AvgIpc) is 3.24. The molecule has 10 heteroatoms. The Labute approximate surface area is 141 Å². The number of halogens is 3. The minimum atomic E-state index is -4.52. The smallest absolute Gasteiger partial charge is 0.365 e. The molecule has 2 N–H and O–H groups in total. The molecule has 0 aromatic carbocycles. The third-order valence-corrected chi connectivity index (χ3v) is 3.93. The van der Waals surface area contributed by atoms with E-state index in [-0.39, 0.29) is 30.7 Å². The van der Waals surface area contributed by atoms with Gasteiger partial charge in [-0.1, -0.05) is 0 Å². The largest absolute Gasteiger partial charge is 0.416 e. The molecule has 134 valence electrons. The second kappa shape index (κ2) is 7.18. The number of hydrogen-bond acceptors (Lipinski definition) is 5. The number of carbonyl (C=O) groups excluding carboxylic acids is 1. The van der Waals surface area contributed by atoms with Gasteiger partial charge in [-0.3, -0.25) is 14.9 Å². The van der Waals surface area contributed by atoms with Gasteiger partial charge < -0.3 is 10.1 Å². The molecular weight excluding hydrogens is 339 g/mol. The molecule has 1 aliphatic rings. The van der Waals surface area contributed by atoms with Gasteiger partial charge in [0.05, 0.1) is 18.1 Å². The van der Waals surface area contributed by atoms with Crippen LogP contribution in [0.2, 0.25) is 0 Å². The topological polar surface area (TPSA) is 92.8 Å². The molecule has 2 atom stereocenters. The van der Waals surface area contributed by atoms with Crippen molar-refractivity contribution in [3.05, 3.63) is 41.7 Å². The summed E-state index contributed by atoms with van der Waals surface area (Å²) in [5.41, 5.74) is -1.00. The van der Waals surface area contributed by atoms with E-state index in [2.05, 4.69) is 25.5 Å². The first kappa shape index (κ1) is 17.3. The zero-order valence-electron chi connectivity index (χ0n) is 13.1. The van der Waals surface area contributed by atoms with Crippen molar-refractivity contribution in [1.82, 2.24) is 25.5 Å². The van der Waals surface area contributed by atoms with Gasteiger partial charge in [0, 0.05) is 18.9 Å². The van der Waals surface area contributed by atoms with Crippen LogP contribution in [0.25, 0.3) is 0 Å². The van der Waals surface area contributed by atoms with Crippen molar-refractivity contribution in [2.24, 2.45) is 0 Å². The van der Waals surface area contributed by atoms with Crippen LogP contribution < -0.4 is 5.32 Å². The number of H-pyrrole nitrogens is 1. The summed E-state index contributed by atoms with van der Waals surface area (Å²) in [6, 6.07) is 0.866. The molecular formula is C15H16F3N5O2. The zero-order valence-corrected chi connectivity index (χ0v) is 13.1. The lowest BCUT2D eigenvalue weighted by atomic mass is 10.1. The van der Waals surface area contributed by atoms with Crippen molar-refractivity contribution < 1.29 is 22.7 Å². The Bertz CT molecular complexity index is 720. The van der Waals surface area contributed by atoms with Crippen molar-refractivity contribution in [1.29, 1.82) is 0 Å². The molecule has 2 aromatic heterocycles. The minimum absolute atomic E-state index is 0.153. The van der Waals surface area contributed by atoms with E-state index in [9.17, 15) is 18.0 Å². The highest BCUT2D eigenvalue weighted by Gasteiger charge is 2.34. The molecule has 3 heterocycles. The summed E-state index contributed by atoms with van der Waals surface area (Å²) in [4.78, 5) is 19.7. The number of nitrogens with one attached hydrogen (secondary N) is 2. The molecule has 25 heavy (non-hydrogen) atoms. The van der Waals surface area contributed by atoms with Gasteiger partial charge in [0.15, 0.2) is 5.82 Å². The molecule has 0 unspecified atom stereocenters. The molecule has 7 nitrogen and oxygen atoms in total. The standard InChI is InChI=1S/C15H16F3N5O2/c16-15(17,18)11-3-4-19-6-9(11)5-13(24)20-7-10-1-2-12(25-10)14-21-8-22-23-14/h3-4,6,8,10,12H,1-2,5,7H2,(H,20,24)(H,21,22,23)/t10-,12+/m1/s1. The maximum Gasteiger partial charge on any atom is 0.416 e. The molecule has 1 fully saturated rings. The number of aromatic amines is 1. The van der Waals surface area contributed by atoms with Gasteiger partial charge in [-0.05, 0) is 24.5 Å².